The predicted octanol–water partition coefficient (Wildman–Crippen LogP) is 3.07. The molecule has 92 valence electrons. The van der Waals surface area contributed by atoms with Crippen LogP contribution in [-0.2, 0) is 13.0 Å². The second-order valence-corrected chi connectivity index (χ2v) is 5.89. The van der Waals surface area contributed by atoms with Crippen molar-refractivity contribution in [2.45, 2.75) is 60.1 Å². The minimum Gasteiger partial charge on any atom is -0.390 e. The molecule has 1 heterocycles. The van der Waals surface area contributed by atoms with Crippen LogP contribution in [0.4, 0.5) is 0 Å². The van der Waals surface area contributed by atoms with E-state index in [1.54, 1.807) is 0 Å². The van der Waals surface area contributed by atoms with Crippen LogP contribution in [0.15, 0.2) is 6.07 Å². The van der Waals surface area contributed by atoms with Crippen molar-refractivity contribution in [3.05, 3.63) is 23.0 Å². The van der Waals surface area contributed by atoms with Crippen LogP contribution in [-0.4, -0.2) is 15.3 Å². The molecule has 0 aliphatic rings. The summed E-state index contributed by atoms with van der Waals surface area (Å²) in [5.41, 5.74) is 3.24. The van der Waals surface area contributed by atoms with Crippen molar-refractivity contribution >= 4 is 0 Å². The van der Waals surface area contributed by atoms with Gasteiger partial charge in [-0.15, -0.1) is 0 Å². The molecule has 1 aromatic rings. The van der Waals surface area contributed by atoms with Crippen LogP contribution >= 0.6 is 0 Å². The monoisotopic (exact) mass is 223 g/mol. The Hall–Kier alpha value is -0.760. The number of hydrogen-bond acceptors (Lipinski definition) is 1. The van der Waals surface area contributed by atoms with Gasteiger partial charge in [-0.05, 0) is 45.2 Å². The standard InChI is InChI=1S/C14H25NO/c1-10(2)9-15-11(3)7-13(12(15)4)8-14(5,6)16/h7,10,16H,8-9H2,1-6H3. The lowest BCUT2D eigenvalue weighted by Gasteiger charge is -2.17. The number of rotatable bonds is 4. The molecular formula is C14H25NO. The molecule has 1 N–H and O–H groups in total. The molecule has 0 bridgehead atoms. The first-order chi connectivity index (χ1) is 7.20. The Bertz CT molecular complexity index is 356. The minimum atomic E-state index is -0.624. The molecule has 0 saturated heterocycles. The molecule has 2 nitrogen and oxygen atoms in total. The van der Waals surface area contributed by atoms with E-state index in [1.807, 2.05) is 13.8 Å². The highest BCUT2D eigenvalue weighted by atomic mass is 16.3. The molecule has 0 amide bonds. The van der Waals surface area contributed by atoms with Gasteiger partial charge < -0.3 is 9.67 Å². The molecule has 0 saturated carbocycles. The molecular weight excluding hydrogens is 198 g/mol. The minimum absolute atomic E-state index is 0.624. The molecule has 2 heteroatoms. The van der Waals surface area contributed by atoms with Crippen molar-refractivity contribution in [3.63, 3.8) is 0 Å². The highest BCUT2D eigenvalue weighted by Gasteiger charge is 2.18. The third kappa shape index (κ3) is 3.38. The number of hydrogen-bond donors (Lipinski definition) is 1. The molecule has 0 aromatic carbocycles. The molecule has 0 spiro atoms. The van der Waals surface area contributed by atoms with Crippen molar-refractivity contribution in [2.24, 2.45) is 5.92 Å². The molecule has 0 fully saturated rings. The summed E-state index contributed by atoms with van der Waals surface area (Å²) in [6.45, 7) is 13.5. The van der Waals surface area contributed by atoms with Gasteiger partial charge >= 0.3 is 0 Å². The van der Waals surface area contributed by atoms with Crippen molar-refractivity contribution in [2.75, 3.05) is 0 Å². The Labute approximate surface area is 99.3 Å². The third-order valence-electron chi connectivity index (χ3n) is 2.85. The quantitative estimate of drug-likeness (QED) is 0.833. The highest BCUT2D eigenvalue weighted by molar-refractivity contribution is 5.28. The first-order valence-electron chi connectivity index (χ1n) is 6.08. The van der Waals surface area contributed by atoms with Crippen molar-refractivity contribution in [1.82, 2.24) is 4.57 Å². The van der Waals surface area contributed by atoms with Crippen LogP contribution in [0.3, 0.4) is 0 Å². The molecule has 0 aliphatic heterocycles. The summed E-state index contributed by atoms with van der Waals surface area (Å²) in [4.78, 5) is 0. The van der Waals surface area contributed by atoms with E-state index in [2.05, 4.69) is 38.3 Å². The smallest absolute Gasteiger partial charge is 0.0632 e. The average molecular weight is 223 g/mol. The van der Waals surface area contributed by atoms with Crippen LogP contribution < -0.4 is 0 Å². The Kier molecular flexibility index (Phi) is 3.84. The van der Waals surface area contributed by atoms with Gasteiger partial charge in [0.15, 0.2) is 0 Å². The van der Waals surface area contributed by atoms with E-state index in [9.17, 15) is 5.11 Å². The van der Waals surface area contributed by atoms with Crippen molar-refractivity contribution in [1.29, 1.82) is 0 Å². The number of nitrogens with zero attached hydrogens (tertiary/aromatic N) is 1. The van der Waals surface area contributed by atoms with E-state index in [0.29, 0.717) is 5.92 Å². The fourth-order valence-corrected chi connectivity index (χ4v) is 2.16. The van der Waals surface area contributed by atoms with Crippen LogP contribution in [0.5, 0.6) is 0 Å². The van der Waals surface area contributed by atoms with E-state index < -0.39 is 5.60 Å². The largest absolute Gasteiger partial charge is 0.390 e. The summed E-state index contributed by atoms with van der Waals surface area (Å²) < 4.78 is 2.35. The molecule has 0 radical (unpaired) electrons. The van der Waals surface area contributed by atoms with Crippen molar-refractivity contribution < 1.29 is 5.11 Å². The SMILES string of the molecule is Cc1cc(CC(C)(C)O)c(C)n1CC(C)C. The zero-order valence-corrected chi connectivity index (χ0v) is 11.5. The van der Waals surface area contributed by atoms with Gasteiger partial charge in [0, 0.05) is 24.4 Å². The summed E-state index contributed by atoms with van der Waals surface area (Å²) in [7, 11) is 0. The van der Waals surface area contributed by atoms with E-state index in [1.165, 1.54) is 17.0 Å². The van der Waals surface area contributed by atoms with Gasteiger partial charge in [0.2, 0.25) is 0 Å². The van der Waals surface area contributed by atoms with E-state index in [-0.39, 0.29) is 0 Å². The van der Waals surface area contributed by atoms with Crippen LogP contribution in [0.25, 0.3) is 0 Å². The van der Waals surface area contributed by atoms with Gasteiger partial charge in [0.05, 0.1) is 5.60 Å². The second-order valence-electron chi connectivity index (χ2n) is 5.89. The zero-order chi connectivity index (χ0) is 12.5. The number of aliphatic hydroxyl groups is 1. The maximum absolute atomic E-state index is 9.87. The summed E-state index contributed by atoms with van der Waals surface area (Å²) in [5, 5.41) is 9.87. The zero-order valence-electron chi connectivity index (χ0n) is 11.5. The van der Waals surface area contributed by atoms with Gasteiger partial charge in [-0.25, -0.2) is 0 Å². The van der Waals surface area contributed by atoms with Gasteiger partial charge in [-0.1, -0.05) is 13.8 Å². The maximum Gasteiger partial charge on any atom is 0.0632 e. The molecule has 1 aromatic heterocycles. The summed E-state index contributed by atoms with van der Waals surface area (Å²) in [6, 6.07) is 2.20. The lowest BCUT2D eigenvalue weighted by atomic mass is 9.99. The third-order valence-corrected chi connectivity index (χ3v) is 2.85. The van der Waals surface area contributed by atoms with Crippen LogP contribution in [0.2, 0.25) is 0 Å². The highest BCUT2D eigenvalue weighted by Crippen LogP contribution is 2.21. The van der Waals surface area contributed by atoms with E-state index >= 15 is 0 Å². The fourth-order valence-electron chi connectivity index (χ4n) is 2.16. The second kappa shape index (κ2) is 4.62. The Balaban J connectivity index is 2.97. The normalized spacial score (nSPS) is 12.5. The average Bonchev–Trinajstić information content (AvgIpc) is 2.29. The maximum atomic E-state index is 9.87. The predicted molar refractivity (Wildman–Crippen MR) is 68.7 cm³/mol. The first kappa shape index (κ1) is 13.3. The topological polar surface area (TPSA) is 25.2 Å². The Morgan fingerprint density at radius 2 is 1.88 bits per heavy atom. The molecule has 1 rings (SSSR count). The Morgan fingerprint density at radius 1 is 1.31 bits per heavy atom. The summed E-state index contributed by atoms with van der Waals surface area (Å²) in [5.74, 6) is 0.653. The lowest BCUT2D eigenvalue weighted by molar-refractivity contribution is 0.0808. The van der Waals surface area contributed by atoms with Crippen molar-refractivity contribution in [3.8, 4) is 0 Å². The molecule has 0 aliphatic carbocycles. The van der Waals surface area contributed by atoms with Gasteiger partial charge in [0.25, 0.3) is 0 Å². The number of aromatic nitrogens is 1. The van der Waals surface area contributed by atoms with Crippen LogP contribution in [0, 0.1) is 19.8 Å². The first-order valence-corrected chi connectivity index (χ1v) is 6.08. The molecule has 0 unspecified atom stereocenters. The summed E-state index contributed by atoms with van der Waals surface area (Å²) >= 11 is 0. The van der Waals surface area contributed by atoms with E-state index in [4.69, 9.17) is 0 Å². The van der Waals surface area contributed by atoms with E-state index in [0.717, 1.165) is 13.0 Å². The van der Waals surface area contributed by atoms with Gasteiger partial charge in [-0.2, -0.15) is 0 Å². The Morgan fingerprint density at radius 3 is 2.31 bits per heavy atom. The number of aryl methyl sites for hydroxylation is 1. The molecule has 0 atom stereocenters. The van der Waals surface area contributed by atoms with Gasteiger partial charge in [-0.3, -0.25) is 0 Å². The van der Waals surface area contributed by atoms with Gasteiger partial charge in [0.1, 0.15) is 0 Å². The summed E-state index contributed by atoms with van der Waals surface area (Å²) in [6.07, 6.45) is 0.727. The lowest BCUT2D eigenvalue weighted by Crippen LogP contribution is -2.22. The molecule has 16 heavy (non-hydrogen) atoms. The fraction of sp³-hybridized carbons (Fsp3) is 0.714. The van der Waals surface area contributed by atoms with Crippen LogP contribution in [0.1, 0.15) is 44.6 Å².